The molecule has 2 aromatic heterocycles. The summed E-state index contributed by atoms with van der Waals surface area (Å²) in [6.07, 6.45) is 3.41. The second-order valence-corrected chi connectivity index (χ2v) is 8.19. The van der Waals surface area contributed by atoms with Crippen LogP contribution in [-0.4, -0.2) is 42.1 Å². The van der Waals surface area contributed by atoms with Crippen molar-refractivity contribution >= 4 is 45.6 Å². The summed E-state index contributed by atoms with van der Waals surface area (Å²) in [6.45, 7) is 3.27. The van der Waals surface area contributed by atoms with E-state index in [1.165, 1.54) is 18.2 Å². The van der Waals surface area contributed by atoms with Crippen molar-refractivity contribution in [2.75, 3.05) is 41.3 Å². The molecule has 1 N–H and O–H groups in total. The average molecular weight is 462 g/mol. The zero-order valence-electron chi connectivity index (χ0n) is 17.7. The Morgan fingerprint density at radius 2 is 1.64 bits per heavy atom. The van der Waals surface area contributed by atoms with Crippen LogP contribution in [0.5, 0.6) is 0 Å². The van der Waals surface area contributed by atoms with E-state index in [1.54, 1.807) is 12.4 Å². The van der Waals surface area contributed by atoms with Gasteiger partial charge in [0.15, 0.2) is 0 Å². The van der Waals surface area contributed by atoms with Gasteiger partial charge in [-0.15, -0.1) is 0 Å². The van der Waals surface area contributed by atoms with Gasteiger partial charge >= 0.3 is 0 Å². The Morgan fingerprint density at radius 3 is 2.36 bits per heavy atom. The number of nitrogens with zero attached hydrogens (tertiary/aromatic N) is 4. The summed E-state index contributed by atoms with van der Waals surface area (Å²) in [5.41, 5.74) is 0.868. The number of amides is 1. The number of hydrogen-bond acceptors (Lipinski definition) is 5. The minimum atomic E-state index is -0.533. The van der Waals surface area contributed by atoms with Gasteiger partial charge in [-0.3, -0.25) is 4.79 Å². The number of halogens is 2. The minimum Gasteiger partial charge on any atom is -0.353 e. The Labute approximate surface area is 195 Å². The molecule has 0 saturated carbocycles. The van der Waals surface area contributed by atoms with E-state index >= 15 is 0 Å². The highest BCUT2D eigenvalue weighted by molar-refractivity contribution is 6.31. The molecule has 0 atom stereocenters. The lowest BCUT2D eigenvalue weighted by molar-refractivity contribution is 0.102. The molecule has 0 radical (unpaired) electrons. The van der Waals surface area contributed by atoms with Gasteiger partial charge in [-0.25, -0.2) is 14.4 Å². The Balaban J connectivity index is 1.39. The predicted octanol–water partition coefficient (Wildman–Crippen LogP) is 5.00. The number of aromatic nitrogens is 2. The lowest BCUT2D eigenvalue weighted by Gasteiger charge is -2.36. The lowest BCUT2D eigenvalue weighted by atomic mass is 10.1. The van der Waals surface area contributed by atoms with E-state index in [2.05, 4.69) is 25.1 Å². The monoisotopic (exact) mass is 461 g/mol. The zero-order valence-corrected chi connectivity index (χ0v) is 18.5. The van der Waals surface area contributed by atoms with Crippen molar-refractivity contribution < 1.29 is 9.18 Å². The highest BCUT2D eigenvalue weighted by Gasteiger charge is 2.22. The topological polar surface area (TPSA) is 61.4 Å². The second-order valence-electron chi connectivity index (χ2n) is 7.79. The van der Waals surface area contributed by atoms with E-state index in [4.69, 9.17) is 11.6 Å². The fraction of sp³-hybridized carbons (Fsp3) is 0.160. The Kier molecular flexibility index (Phi) is 5.79. The van der Waals surface area contributed by atoms with Crippen LogP contribution in [-0.2, 0) is 0 Å². The summed E-state index contributed by atoms with van der Waals surface area (Å²) in [4.78, 5) is 26.6. The summed E-state index contributed by atoms with van der Waals surface area (Å²) in [6, 6.07) is 17.8. The van der Waals surface area contributed by atoms with Crippen LogP contribution in [0, 0.1) is 5.82 Å². The highest BCUT2D eigenvalue weighted by Crippen LogP contribution is 2.29. The molecule has 1 amide bonds. The smallest absolute Gasteiger partial charge is 0.257 e. The van der Waals surface area contributed by atoms with Gasteiger partial charge in [0, 0.05) is 49.6 Å². The van der Waals surface area contributed by atoms with E-state index in [0.29, 0.717) is 11.3 Å². The molecule has 1 saturated heterocycles. The van der Waals surface area contributed by atoms with Crippen LogP contribution in [0.1, 0.15) is 10.4 Å². The first-order chi connectivity index (χ1) is 16.1. The van der Waals surface area contributed by atoms with Gasteiger partial charge in [0.05, 0.1) is 10.6 Å². The van der Waals surface area contributed by atoms with Gasteiger partial charge in [-0.2, -0.15) is 0 Å². The number of rotatable bonds is 4. The van der Waals surface area contributed by atoms with Crippen molar-refractivity contribution in [1.29, 1.82) is 0 Å². The van der Waals surface area contributed by atoms with E-state index in [9.17, 15) is 9.18 Å². The Morgan fingerprint density at radius 1 is 0.909 bits per heavy atom. The second kappa shape index (κ2) is 9.03. The largest absolute Gasteiger partial charge is 0.353 e. The normalized spacial score (nSPS) is 13.9. The molecule has 8 heteroatoms. The van der Waals surface area contributed by atoms with E-state index in [-0.39, 0.29) is 10.9 Å². The van der Waals surface area contributed by atoms with Crippen LogP contribution in [0.4, 0.5) is 21.7 Å². The van der Waals surface area contributed by atoms with E-state index in [1.807, 2.05) is 42.5 Å². The number of benzene rings is 2. The number of anilines is 3. The number of piperazine rings is 1. The third kappa shape index (κ3) is 4.32. The van der Waals surface area contributed by atoms with Crippen LogP contribution >= 0.6 is 11.6 Å². The summed E-state index contributed by atoms with van der Waals surface area (Å²) < 4.78 is 13.4. The molecule has 0 aliphatic carbocycles. The molecule has 33 heavy (non-hydrogen) atoms. The molecule has 5 rings (SSSR count). The van der Waals surface area contributed by atoms with Crippen molar-refractivity contribution in [2.45, 2.75) is 0 Å². The number of nitrogens with one attached hydrogen (secondary N) is 1. The van der Waals surface area contributed by atoms with Gasteiger partial charge in [0.2, 0.25) is 0 Å². The molecular formula is C25H21ClFN5O. The molecule has 166 valence electrons. The fourth-order valence-corrected chi connectivity index (χ4v) is 4.25. The zero-order chi connectivity index (χ0) is 22.8. The molecule has 1 fully saturated rings. The summed E-state index contributed by atoms with van der Waals surface area (Å²) in [5.74, 6) is 0.970. The van der Waals surface area contributed by atoms with Crippen molar-refractivity contribution in [2.24, 2.45) is 0 Å². The average Bonchev–Trinajstić information content (AvgIpc) is 2.86. The van der Waals surface area contributed by atoms with Crippen LogP contribution in [0.15, 0.2) is 73.1 Å². The van der Waals surface area contributed by atoms with Gasteiger partial charge < -0.3 is 15.1 Å². The highest BCUT2D eigenvalue weighted by atomic mass is 35.5. The van der Waals surface area contributed by atoms with Gasteiger partial charge in [0.25, 0.3) is 5.91 Å². The maximum atomic E-state index is 13.4. The predicted molar refractivity (Wildman–Crippen MR) is 130 cm³/mol. The molecule has 0 unspecified atom stereocenters. The molecule has 0 spiro atoms. The maximum Gasteiger partial charge on any atom is 0.257 e. The van der Waals surface area contributed by atoms with Crippen LogP contribution in [0.3, 0.4) is 0 Å². The first-order valence-corrected chi connectivity index (χ1v) is 11.0. The number of fused-ring (bicyclic) bond motifs is 1. The van der Waals surface area contributed by atoms with Gasteiger partial charge in [-0.1, -0.05) is 41.9 Å². The number of hydrogen-bond donors (Lipinski definition) is 1. The lowest BCUT2D eigenvalue weighted by Crippen LogP contribution is -2.47. The van der Waals surface area contributed by atoms with Crippen LogP contribution in [0.2, 0.25) is 5.02 Å². The molecular weight excluding hydrogens is 441 g/mol. The van der Waals surface area contributed by atoms with Crippen molar-refractivity contribution in [3.05, 3.63) is 89.5 Å². The standard InChI is InChI=1S/C25H21ClFN5O/c26-21-15-17(8-9-22(21)27)30-25(33)20-16-29-24(19-6-2-1-5-18(19)20)32-13-11-31(12-14-32)23-7-3-4-10-28-23/h1-10,15-16H,11-14H2,(H,30,33). The molecule has 1 aliphatic heterocycles. The molecule has 0 bridgehead atoms. The molecule has 2 aromatic carbocycles. The summed E-state index contributed by atoms with van der Waals surface area (Å²) >= 11 is 5.84. The number of pyridine rings is 2. The van der Waals surface area contributed by atoms with Crippen molar-refractivity contribution in [1.82, 2.24) is 9.97 Å². The molecule has 4 aromatic rings. The Hall–Kier alpha value is -3.71. The van der Waals surface area contributed by atoms with Crippen LogP contribution in [0.25, 0.3) is 10.8 Å². The van der Waals surface area contributed by atoms with Gasteiger partial charge in [-0.05, 0) is 35.7 Å². The first-order valence-electron chi connectivity index (χ1n) is 10.7. The summed E-state index contributed by atoms with van der Waals surface area (Å²) in [7, 11) is 0. The number of carbonyl (C=O) groups is 1. The van der Waals surface area contributed by atoms with Gasteiger partial charge in [0.1, 0.15) is 17.5 Å². The fourth-order valence-electron chi connectivity index (χ4n) is 4.07. The van der Waals surface area contributed by atoms with Crippen molar-refractivity contribution in [3.63, 3.8) is 0 Å². The minimum absolute atomic E-state index is 0.0454. The van der Waals surface area contributed by atoms with E-state index in [0.717, 1.165) is 48.6 Å². The maximum absolute atomic E-state index is 13.4. The molecule has 6 nitrogen and oxygen atoms in total. The first kappa shape index (κ1) is 21.2. The third-order valence-electron chi connectivity index (χ3n) is 5.75. The van der Waals surface area contributed by atoms with E-state index < -0.39 is 5.82 Å². The SMILES string of the molecule is O=C(Nc1ccc(F)c(Cl)c1)c1cnc(N2CCN(c3ccccn3)CC2)c2ccccc12. The molecule has 1 aliphatic rings. The quantitative estimate of drug-likeness (QED) is 0.463. The Bertz CT molecular complexity index is 1310. The summed E-state index contributed by atoms with van der Waals surface area (Å²) in [5, 5.41) is 4.46. The van der Waals surface area contributed by atoms with Crippen LogP contribution < -0.4 is 15.1 Å². The number of carbonyl (C=O) groups excluding carboxylic acids is 1. The molecule has 3 heterocycles. The third-order valence-corrected chi connectivity index (χ3v) is 6.04. The van der Waals surface area contributed by atoms with Crippen molar-refractivity contribution in [3.8, 4) is 0 Å².